The van der Waals surface area contributed by atoms with Crippen LogP contribution in [0.5, 0.6) is 6.01 Å². The van der Waals surface area contributed by atoms with E-state index in [2.05, 4.69) is 15.0 Å². The van der Waals surface area contributed by atoms with Gasteiger partial charge in [-0.2, -0.15) is 15.0 Å². The molecule has 0 unspecified atom stereocenters. The number of hydrogen-bond donors (Lipinski definition) is 0. The maximum atomic E-state index is 12.5. The Morgan fingerprint density at radius 2 is 1.83 bits per heavy atom. The highest BCUT2D eigenvalue weighted by molar-refractivity contribution is 5.85. The minimum absolute atomic E-state index is 0.297. The van der Waals surface area contributed by atoms with Crippen LogP contribution in [0.15, 0.2) is 63.8 Å². The first kappa shape index (κ1) is 19.6. The number of anilines is 2. The van der Waals surface area contributed by atoms with E-state index in [1.807, 2.05) is 62.5 Å². The number of aryl methyl sites for hydroxylation is 1. The molecular weight excluding hydrogens is 380 g/mol. The van der Waals surface area contributed by atoms with Gasteiger partial charge in [-0.15, -0.1) is 0 Å². The SMILES string of the molecule is CCCOc1nc(C)nc(N(C)c2ccc3cc(-c4ccccc4)c(=O)oc3c2)n1. The van der Waals surface area contributed by atoms with Gasteiger partial charge >= 0.3 is 11.6 Å². The second kappa shape index (κ2) is 8.32. The number of ether oxygens (including phenoxy) is 1. The lowest BCUT2D eigenvalue weighted by Gasteiger charge is -2.18. The zero-order valence-electron chi connectivity index (χ0n) is 17.1. The average molecular weight is 402 g/mol. The van der Waals surface area contributed by atoms with E-state index in [9.17, 15) is 4.79 Å². The van der Waals surface area contributed by atoms with E-state index >= 15 is 0 Å². The van der Waals surface area contributed by atoms with Gasteiger partial charge in [-0.05, 0) is 37.1 Å². The molecule has 0 atom stereocenters. The lowest BCUT2D eigenvalue weighted by Crippen LogP contribution is -2.15. The maximum absolute atomic E-state index is 12.5. The van der Waals surface area contributed by atoms with Crippen molar-refractivity contribution in [3.8, 4) is 17.1 Å². The van der Waals surface area contributed by atoms with E-state index < -0.39 is 0 Å². The van der Waals surface area contributed by atoms with Crippen LogP contribution < -0.4 is 15.3 Å². The molecule has 0 radical (unpaired) electrons. The van der Waals surface area contributed by atoms with E-state index in [1.165, 1.54) is 0 Å². The molecule has 152 valence electrons. The van der Waals surface area contributed by atoms with Crippen LogP contribution in [0.2, 0.25) is 0 Å². The maximum Gasteiger partial charge on any atom is 0.344 e. The largest absolute Gasteiger partial charge is 0.463 e. The molecule has 0 aliphatic carbocycles. The zero-order chi connectivity index (χ0) is 21.1. The number of fused-ring (bicyclic) bond motifs is 1. The molecule has 0 saturated carbocycles. The summed E-state index contributed by atoms with van der Waals surface area (Å²) in [6.45, 7) is 4.35. The molecule has 0 amide bonds. The van der Waals surface area contributed by atoms with Gasteiger partial charge in [0.2, 0.25) is 5.95 Å². The number of aromatic nitrogens is 3. The van der Waals surface area contributed by atoms with Crippen molar-refractivity contribution < 1.29 is 9.15 Å². The van der Waals surface area contributed by atoms with Crippen LogP contribution >= 0.6 is 0 Å². The van der Waals surface area contributed by atoms with E-state index in [0.29, 0.717) is 35.5 Å². The van der Waals surface area contributed by atoms with Crippen LogP contribution in [0, 0.1) is 6.92 Å². The number of hydrogen-bond acceptors (Lipinski definition) is 7. The summed E-state index contributed by atoms with van der Waals surface area (Å²) in [6.07, 6.45) is 0.866. The molecule has 0 aliphatic heterocycles. The number of benzene rings is 2. The third-order valence-corrected chi connectivity index (χ3v) is 4.64. The lowest BCUT2D eigenvalue weighted by atomic mass is 10.1. The molecular formula is C23H22N4O3. The molecule has 0 saturated heterocycles. The first-order chi connectivity index (χ1) is 14.5. The molecule has 2 heterocycles. The summed E-state index contributed by atoms with van der Waals surface area (Å²) >= 11 is 0. The summed E-state index contributed by atoms with van der Waals surface area (Å²) in [7, 11) is 1.84. The monoisotopic (exact) mass is 402 g/mol. The average Bonchev–Trinajstić information content (AvgIpc) is 2.76. The molecule has 2 aromatic carbocycles. The van der Waals surface area contributed by atoms with Crippen molar-refractivity contribution in [3.63, 3.8) is 0 Å². The van der Waals surface area contributed by atoms with Gasteiger partial charge in [0.25, 0.3) is 0 Å². The summed E-state index contributed by atoms with van der Waals surface area (Å²) in [5, 5.41) is 0.837. The predicted molar refractivity (Wildman–Crippen MR) is 116 cm³/mol. The molecule has 0 N–H and O–H groups in total. The van der Waals surface area contributed by atoms with Crippen LogP contribution in [0.3, 0.4) is 0 Å². The van der Waals surface area contributed by atoms with Crippen molar-refractivity contribution in [1.29, 1.82) is 0 Å². The van der Waals surface area contributed by atoms with Gasteiger partial charge in [0.05, 0.1) is 12.2 Å². The normalized spacial score (nSPS) is 10.9. The summed E-state index contributed by atoms with van der Waals surface area (Å²) < 4.78 is 11.2. The Labute approximate surface area is 174 Å². The molecule has 0 bridgehead atoms. The van der Waals surface area contributed by atoms with Crippen molar-refractivity contribution in [2.24, 2.45) is 0 Å². The van der Waals surface area contributed by atoms with E-state index in [0.717, 1.165) is 23.1 Å². The molecule has 4 aromatic rings. The highest BCUT2D eigenvalue weighted by Gasteiger charge is 2.14. The highest BCUT2D eigenvalue weighted by atomic mass is 16.5. The molecule has 30 heavy (non-hydrogen) atoms. The minimum atomic E-state index is -0.375. The second-order valence-electron chi connectivity index (χ2n) is 6.91. The lowest BCUT2D eigenvalue weighted by molar-refractivity contribution is 0.290. The fourth-order valence-electron chi connectivity index (χ4n) is 3.09. The Bertz CT molecular complexity index is 1240. The predicted octanol–water partition coefficient (Wildman–Crippen LogP) is 4.51. The topological polar surface area (TPSA) is 81.4 Å². The Hall–Kier alpha value is -3.74. The Morgan fingerprint density at radius 1 is 1.03 bits per heavy atom. The molecule has 0 spiro atoms. The van der Waals surface area contributed by atoms with Crippen LogP contribution in [0.1, 0.15) is 19.2 Å². The smallest absolute Gasteiger partial charge is 0.344 e. The van der Waals surface area contributed by atoms with Gasteiger partial charge in [0.15, 0.2) is 0 Å². The Kier molecular flexibility index (Phi) is 5.43. The molecule has 4 rings (SSSR count). The first-order valence-corrected chi connectivity index (χ1v) is 9.77. The van der Waals surface area contributed by atoms with Gasteiger partial charge in [0, 0.05) is 24.2 Å². The van der Waals surface area contributed by atoms with Crippen molar-refractivity contribution in [1.82, 2.24) is 15.0 Å². The van der Waals surface area contributed by atoms with Crippen LogP contribution in [0.4, 0.5) is 11.6 Å². The van der Waals surface area contributed by atoms with Gasteiger partial charge < -0.3 is 14.1 Å². The fraction of sp³-hybridized carbons (Fsp3) is 0.217. The van der Waals surface area contributed by atoms with E-state index in [4.69, 9.17) is 9.15 Å². The van der Waals surface area contributed by atoms with Gasteiger partial charge in [-0.1, -0.05) is 37.3 Å². The first-order valence-electron chi connectivity index (χ1n) is 9.77. The molecule has 7 nitrogen and oxygen atoms in total. The summed E-state index contributed by atoms with van der Waals surface area (Å²) in [5.41, 5.74) is 2.27. The number of rotatable bonds is 6. The Morgan fingerprint density at radius 3 is 2.60 bits per heavy atom. The van der Waals surface area contributed by atoms with Gasteiger partial charge in [-0.3, -0.25) is 0 Å². The van der Waals surface area contributed by atoms with Gasteiger partial charge in [0.1, 0.15) is 11.4 Å². The van der Waals surface area contributed by atoms with Crippen molar-refractivity contribution in [2.75, 3.05) is 18.6 Å². The second-order valence-corrected chi connectivity index (χ2v) is 6.91. The van der Waals surface area contributed by atoms with Crippen molar-refractivity contribution >= 4 is 22.6 Å². The summed E-state index contributed by atoms with van der Waals surface area (Å²) in [6, 6.07) is 17.3. The van der Waals surface area contributed by atoms with E-state index in [-0.39, 0.29) is 5.63 Å². The molecule has 0 aliphatic rings. The third kappa shape index (κ3) is 4.00. The van der Waals surface area contributed by atoms with Crippen LogP contribution in [-0.2, 0) is 0 Å². The van der Waals surface area contributed by atoms with Crippen LogP contribution in [-0.4, -0.2) is 28.6 Å². The van der Waals surface area contributed by atoms with Crippen molar-refractivity contribution in [2.45, 2.75) is 20.3 Å². The van der Waals surface area contributed by atoms with E-state index in [1.54, 1.807) is 17.9 Å². The molecule has 2 aromatic heterocycles. The number of nitrogens with zero attached hydrogens (tertiary/aromatic N) is 4. The summed E-state index contributed by atoms with van der Waals surface area (Å²) in [4.78, 5) is 27.4. The quantitative estimate of drug-likeness (QED) is 0.439. The van der Waals surface area contributed by atoms with Crippen molar-refractivity contribution in [3.05, 3.63) is 70.8 Å². The minimum Gasteiger partial charge on any atom is -0.463 e. The van der Waals surface area contributed by atoms with Gasteiger partial charge in [-0.25, -0.2) is 4.79 Å². The van der Waals surface area contributed by atoms with Crippen LogP contribution in [0.25, 0.3) is 22.1 Å². The highest BCUT2D eigenvalue weighted by Crippen LogP contribution is 2.27. The third-order valence-electron chi connectivity index (χ3n) is 4.64. The summed E-state index contributed by atoms with van der Waals surface area (Å²) in [5.74, 6) is 1.02. The molecule has 7 heteroatoms. The zero-order valence-corrected chi connectivity index (χ0v) is 17.1. The molecule has 0 fully saturated rings. The Balaban J connectivity index is 1.70. The standard InChI is InChI=1S/C23H22N4O3/c1-4-12-29-23-25-15(2)24-22(26-23)27(3)18-11-10-17-13-19(16-8-6-5-7-9-16)21(28)30-20(17)14-18/h5-11,13-14H,4,12H2,1-3H3. The fourth-order valence-corrected chi connectivity index (χ4v) is 3.09.